The molecule has 0 aromatic heterocycles. The molecule has 0 radical (unpaired) electrons. The van der Waals surface area contributed by atoms with Crippen LogP contribution in [-0.2, 0) is 0 Å². The molecule has 1 aromatic carbocycles. The molecule has 0 aliphatic carbocycles. The van der Waals surface area contributed by atoms with Crippen molar-refractivity contribution in [1.82, 2.24) is 4.81 Å². The van der Waals surface area contributed by atoms with Gasteiger partial charge in [0.2, 0.25) is 0 Å². The summed E-state index contributed by atoms with van der Waals surface area (Å²) in [4.78, 5) is 2.37. The summed E-state index contributed by atoms with van der Waals surface area (Å²) in [5, 5.41) is 0. The van der Waals surface area contributed by atoms with Crippen molar-refractivity contribution in [3.63, 3.8) is 0 Å². The minimum absolute atomic E-state index is 0.487. The number of hydrogen-bond donors (Lipinski definition) is 0. The summed E-state index contributed by atoms with van der Waals surface area (Å²) < 4.78 is 0. The Morgan fingerprint density at radius 1 is 1.23 bits per heavy atom. The number of hydrogen-bond acceptors (Lipinski definition) is 1. The third-order valence-corrected chi connectivity index (χ3v) is 2.56. The van der Waals surface area contributed by atoms with Crippen molar-refractivity contribution in [3.05, 3.63) is 41.9 Å². The zero-order chi connectivity index (χ0) is 9.26. The van der Waals surface area contributed by atoms with Crippen molar-refractivity contribution in [2.75, 3.05) is 13.6 Å². The van der Waals surface area contributed by atoms with Crippen LogP contribution in [0.15, 0.2) is 41.9 Å². The first-order valence-electron chi connectivity index (χ1n) is 4.70. The van der Waals surface area contributed by atoms with Crippen LogP contribution in [-0.4, -0.2) is 25.3 Å². The summed E-state index contributed by atoms with van der Waals surface area (Å²) in [6, 6.07) is 10.6. The minimum Gasteiger partial charge on any atom is -0.334 e. The van der Waals surface area contributed by atoms with E-state index in [-0.39, 0.29) is 0 Å². The van der Waals surface area contributed by atoms with E-state index in [1.54, 1.807) is 0 Å². The molecule has 0 atom stereocenters. The van der Waals surface area contributed by atoms with Crippen LogP contribution >= 0.6 is 0 Å². The highest BCUT2D eigenvalue weighted by Crippen LogP contribution is 2.10. The quantitative estimate of drug-likeness (QED) is 0.576. The maximum absolute atomic E-state index is 2.37. The lowest BCUT2D eigenvalue weighted by atomic mass is 9.56. The lowest BCUT2D eigenvalue weighted by Crippen LogP contribution is -2.41. The van der Waals surface area contributed by atoms with Crippen molar-refractivity contribution < 1.29 is 0 Å². The van der Waals surface area contributed by atoms with Crippen LogP contribution in [0.1, 0.15) is 6.92 Å². The SMILES string of the molecule is CC1=CB(c2ccccc2)N(C)C1. The molecule has 0 saturated heterocycles. The Morgan fingerprint density at radius 3 is 2.46 bits per heavy atom. The molecule has 1 heterocycles. The standard InChI is InChI=1S/C11H14BN/c1-10-8-12(13(2)9-10)11-6-4-3-5-7-11/h3-8H,9H2,1-2H3. The van der Waals surface area contributed by atoms with Crippen molar-refractivity contribution in [2.45, 2.75) is 6.92 Å². The second-order valence-electron chi connectivity index (χ2n) is 3.78. The average molecular weight is 171 g/mol. The van der Waals surface area contributed by atoms with Gasteiger partial charge < -0.3 is 4.81 Å². The average Bonchev–Trinajstić information content (AvgIpc) is 2.47. The summed E-state index contributed by atoms with van der Waals surface area (Å²) >= 11 is 0. The summed E-state index contributed by atoms with van der Waals surface area (Å²) in [5.41, 5.74) is 2.86. The number of nitrogens with zero attached hydrogens (tertiary/aromatic N) is 1. The summed E-state index contributed by atoms with van der Waals surface area (Å²) in [7, 11) is 2.17. The van der Waals surface area contributed by atoms with E-state index in [1.807, 2.05) is 0 Å². The Morgan fingerprint density at radius 2 is 1.92 bits per heavy atom. The van der Waals surface area contributed by atoms with Gasteiger partial charge in [-0.25, -0.2) is 0 Å². The Hall–Kier alpha value is -1.02. The van der Waals surface area contributed by atoms with Gasteiger partial charge in [-0.15, -0.1) is 0 Å². The fraction of sp³-hybridized carbons (Fsp3) is 0.273. The number of rotatable bonds is 1. The van der Waals surface area contributed by atoms with Crippen molar-refractivity contribution in [1.29, 1.82) is 0 Å². The summed E-state index contributed by atoms with van der Waals surface area (Å²) in [5.74, 6) is 2.34. The molecule has 1 aromatic rings. The van der Waals surface area contributed by atoms with Crippen LogP contribution in [0.25, 0.3) is 0 Å². The van der Waals surface area contributed by atoms with Gasteiger partial charge in [0.25, 0.3) is 6.85 Å². The summed E-state index contributed by atoms with van der Waals surface area (Å²) in [6.07, 6.45) is 0. The van der Waals surface area contributed by atoms with E-state index in [2.05, 4.69) is 55.1 Å². The van der Waals surface area contributed by atoms with Crippen molar-refractivity contribution >= 4 is 12.3 Å². The van der Waals surface area contributed by atoms with Gasteiger partial charge in [0.1, 0.15) is 0 Å². The lowest BCUT2D eigenvalue weighted by Gasteiger charge is -2.15. The number of benzene rings is 1. The molecule has 0 bridgehead atoms. The molecular weight excluding hydrogens is 157 g/mol. The number of likely N-dealkylation sites (N-methyl/N-ethyl adjacent to an activating group) is 1. The van der Waals surface area contributed by atoms with Gasteiger partial charge in [-0.2, -0.15) is 0 Å². The first kappa shape index (κ1) is 8.58. The molecule has 0 saturated carbocycles. The third-order valence-electron chi connectivity index (χ3n) is 2.56. The van der Waals surface area contributed by atoms with E-state index in [0.29, 0.717) is 6.85 Å². The first-order valence-corrected chi connectivity index (χ1v) is 4.70. The van der Waals surface area contributed by atoms with Gasteiger partial charge in [-0.05, 0) is 14.0 Å². The Bertz CT molecular complexity index is 318. The van der Waals surface area contributed by atoms with E-state index in [9.17, 15) is 0 Å². The molecule has 1 aliphatic heterocycles. The largest absolute Gasteiger partial charge is 0.334 e. The highest BCUT2D eigenvalue weighted by molar-refractivity contribution is 6.76. The maximum atomic E-state index is 2.37. The molecule has 66 valence electrons. The van der Waals surface area contributed by atoms with Crippen molar-refractivity contribution in [3.8, 4) is 0 Å². The van der Waals surface area contributed by atoms with E-state index < -0.39 is 0 Å². The summed E-state index contributed by atoms with van der Waals surface area (Å²) in [6.45, 7) is 3.78. The fourth-order valence-electron chi connectivity index (χ4n) is 1.94. The molecule has 2 rings (SSSR count). The van der Waals surface area contributed by atoms with Crippen LogP contribution < -0.4 is 5.46 Å². The van der Waals surface area contributed by atoms with Crippen molar-refractivity contribution in [2.24, 2.45) is 0 Å². The van der Waals surface area contributed by atoms with Crippen LogP contribution in [0.2, 0.25) is 0 Å². The predicted octanol–water partition coefficient (Wildman–Crippen LogP) is 1.32. The normalized spacial score (nSPS) is 17.7. The molecule has 0 spiro atoms. The molecule has 0 amide bonds. The zero-order valence-corrected chi connectivity index (χ0v) is 8.20. The van der Waals surface area contributed by atoms with Crippen LogP contribution in [0.5, 0.6) is 0 Å². The minimum atomic E-state index is 0.487. The van der Waals surface area contributed by atoms with Gasteiger partial charge >= 0.3 is 0 Å². The smallest absolute Gasteiger partial charge is 0.284 e. The lowest BCUT2D eigenvalue weighted by molar-refractivity contribution is 0.594. The Balaban J connectivity index is 2.27. The molecule has 1 nitrogen and oxygen atoms in total. The highest BCUT2D eigenvalue weighted by atomic mass is 15.0. The molecule has 0 unspecified atom stereocenters. The predicted molar refractivity (Wildman–Crippen MR) is 58.2 cm³/mol. The van der Waals surface area contributed by atoms with Gasteiger partial charge in [-0.1, -0.05) is 47.3 Å². The molecule has 0 fully saturated rings. The maximum Gasteiger partial charge on any atom is 0.284 e. The Kier molecular flexibility index (Phi) is 2.23. The molecule has 2 heteroatoms. The van der Waals surface area contributed by atoms with Crippen LogP contribution in [0.3, 0.4) is 0 Å². The van der Waals surface area contributed by atoms with Crippen LogP contribution in [0.4, 0.5) is 0 Å². The van der Waals surface area contributed by atoms with E-state index in [0.717, 1.165) is 6.54 Å². The van der Waals surface area contributed by atoms with E-state index in [4.69, 9.17) is 0 Å². The van der Waals surface area contributed by atoms with E-state index in [1.165, 1.54) is 11.0 Å². The van der Waals surface area contributed by atoms with Gasteiger partial charge in [-0.3, -0.25) is 0 Å². The fourth-order valence-corrected chi connectivity index (χ4v) is 1.94. The third kappa shape index (κ3) is 1.68. The van der Waals surface area contributed by atoms with Gasteiger partial charge in [0.05, 0.1) is 0 Å². The molecule has 0 N–H and O–H groups in total. The molecule has 1 aliphatic rings. The van der Waals surface area contributed by atoms with Gasteiger partial charge in [0.15, 0.2) is 0 Å². The first-order chi connectivity index (χ1) is 6.27. The van der Waals surface area contributed by atoms with E-state index >= 15 is 0 Å². The molecule has 13 heavy (non-hydrogen) atoms. The Labute approximate surface area is 80.2 Å². The highest BCUT2D eigenvalue weighted by Gasteiger charge is 2.24. The van der Waals surface area contributed by atoms with Gasteiger partial charge in [0, 0.05) is 6.54 Å². The second kappa shape index (κ2) is 3.39. The zero-order valence-electron chi connectivity index (χ0n) is 8.20. The van der Waals surface area contributed by atoms with Crippen LogP contribution in [0, 0.1) is 0 Å². The molecular formula is C11H14BN. The second-order valence-corrected chi connectivity index (χ2v) is 3.78. The monoisotopic (exact) mass is 171 g/mol. The topological polar surface area (TPSA) is 3.24 Å².